The normalized spacial score (nSPS) is 27.4. The number of nitrogens with one attached hydrogen (secondary N) is 2. The SMILES string of the molecule is Cc1nc2c(F)c(-c3cccc(Cl)c3Cl)c(CCC#N)cc2c2c1cc([C@H]1C[C@H](OC3CC3C(=O)NC(C)(C)C)CN1C(=O)C1CC1)n2[C@H]1[C@H]2CN[C@@H]1C2. The van der Waals surface area contributed by atoms with Crippen molar-refractivity contribution >= 4 is 56.8 Å². The largest absolute Gasteiger partial charge is 0.372 e. The third-order valence-electron chi connectivity index (χ3n) is 12.2. The summed E-state index contributed by atoms with van der Waals surface area (Å²) in [4.78, 5) is 33.9. The number of likely N-dealkylation sites (tertiary alicyclic amines) is 1. The van der Waals surface area contributed by atoms with E-state index in [0.29, 0.717) is 64.5 Å². The molecule has 12 heteroatoms. The van der Waals surface area contributed by atoms with Gasteiger partial charge < -0.3 is 24.8 Å². The van der Waals surface area contributed by atoms with Crippen molar-refractivity contribution in [2.75, 3.05) is 13.1 Å². The van der Waals surface area contributed by atoms with Crippen LogP contribution in [-0.4, -0.2) is 63.1 Å². The molecule has 2 amide bonds. The van der Waals surface area contributed by atoms with Gasteiger partial charge in [0, 0.05) is 76.7 Å². The maximum Gasteiger partial charge on any atom is 0.226 e. The van der Waals surface area contributed by atoms with Crippen LogP contribution in [0, 0.1) is 41.8 Å². The van der Waals surface area contributed by atoms with Gasteiger partial charge in [-0.15, -0.1) is 0 Å². The zero-order valence-electron chi connectivity index (χ0n) is 31.0. The number of hydrogen-bond donors (Lipinski definition) is 2. The number of carbonyl (C=O) groups excluding carboxylic acids is 2. The smallest absolute Gasteiger partial charge is 0.226 e. The number of nitriles is 1. The molecule has 2 aromatic carbocycles. The van der Waals surface area contributed by atoms with Crippen LogP contribution in [-0.2, 0) is 20.7 Å². The monoisotopic (exact) mass is 770 g/mol. The van der Waals surface area contributed by atoms with Crippen LogP contribution in [0.5, 0.6) is 0 Å². The molecule has 3 saturated carbocycles. The van der Waals surface area contributed by atoms with E-state index in [2.05, 4.69) is 27.3 Å². The zero-order valence-corrected chi connectivity index (χ0v) is 32.5. The number of benzene rings is 2. The maximum atomic E-state index is 17.2. The van der Waals surface area contributed by atoms with Crippen LogP contribution in [0.3, 0.4) is 0 Å². The zero-order chi connectivity index (χ0) is 37.8. The van der Waals surface area contributed by atoms with Crippen LogP contribution < -0.4 is 10.6 Å². The van der Waals surface area contributed by atoms with Gasteiger partial charge in [-0.3, -0.25) is 9.59 Å². The van der Waals surface area contributed by atoms with Crippen molar-refractivity contribution in [1.82, 2.24) is 25.1 Å². The molecule has 5 heterocycles. The summed E-state index contributed by atoms with van der Waals surface area (Å²) in [5.41, 5.74) is 3.98. The predicted molar refractivity (Wildman–Crippen MR) is 207 cm³/mol. The first-order valence-corrected chi connectivity index (χ1v) is 20.1. The Kier molecular flexibility index (Phi) is 8.77. The van der Waals surface area contributed by atoms with E-state index < -0.39 is 5.82 Å². The van der Waals surface area contributed by atoms with Crippen molar-refractivity contribution in [3.63, 3.8) is 0 Å². The van der Waals surface area contributed by atoms with E-state index in [1.54, 1.807) is 18.2 Å². The third kappa shape index (κ3) is 6.07. The molecule has 2 unspecified atom stereocenters. The number of halogens is 3. The predicted octanol–water partition coefficient (Wildman–Crippen LogP) is 7.97. The van der Waals surface area contributed by atoms with Gasteiger partial charge in [0.05, 0.1) is 51.8 Å². The highest BCUT2D eigenvalue weighted by Crippen LogP contribution is 2.52. The number of hydrogen-bond acceptors (Lipinski definition) is 6. The molecule has 2 bridgehead atoms. The second-order valence-corrected chi connectivity index (χ2v) is 18.0. The fraction of sp³-hybridized carbons (Fsp3) is 0.524. The maximum absolute atomic E-state index is 17.2. The summed E-state index contributed by atoms with van der Waals surface area (Å²) in [5.74, 6) is -0.0885. The lowest BCUT2D eigenvalue weighted by Gasteiger charge is -2.39. The molecule has 6 aliphatic rings. The van der Waals surface area contributed by atoms with Crippen molar-refractivity contribution in [2.45, 2.75) is 109 Å². The molecule has 0 radical (unpaired) electrons. The third-order valence-corrected chi connectivity index (χ3v) is 13.0. The number of aromatic nitrogens is 2. The number of ether oxygens (including phenoxy) is 1. The Labute approximate surface area is 324 Å². The van der Waals surface area contributed by atoms with Gasteiger partial charge in [0.15, 0.2) is 5.82 Å². The topological polar surface area (TPSA) is 112 Å². The van der Waals surface area contributed by atoms with E-state index in [4.69, 9.17) is 32.9 Å². The van der Waals surface area contributed by atoms with Crippen molar-refractivity contribution < 1.29 is 18.7 Å². The highest BCUT2D eigenvalue weighted by Gasteiger charge is 2.52. The molecular formula is C42H45Cl2FN6O3. The number of aryl methyl sites for hydroxylation is 2. The molecule has 4 aromatic rings. The Hall–Kier alpha value is -3.75. The molecule has 2 N–H and O–H groups in total. The van der Waals surface area contributed by atoms with Crippen LogP contribution in [0.4, 0.5) is 4.39 Å². The fourth-order valence-electron chi connectivity index (χ4n) is 9.39. The molecule has 3 aliphatic carbocycles. The molecule has 282 valence electrons. The fourth-order valence-corrected chi connectivity index (χ4v) is 9.79. The van der Waals surface area contributed by atoms with Crippen LogP contribution in [0.25, 0.3) is 32.9 Å². The van der Waals surface area contributed by atoms with Gasteiger partial charge in [0.25, 0.3) is 0 Å². The lowest BCUT2D eigenvalue weighted by molar-refractivity contribution is -0.134. The summed E-state index contributed by atoms with van der Waals surface area (Å²) < 4.78 is 26.2. The molecule has 10 rings (SSSR count). The van der Waals surface area contributed by atoms with Gasteiger partial charge >= 0.3 is 0 Å². The van der Waals surface area contributed by atoms with E-state index in [1.165, 1.54) is 0 Å². The quantitative estimate of drug-likeness (QED) is 0.179. The lowest BCUT2D eigenvalue weighted by Crippen LogP contribution is -2.42. The van der Waals surface area contributed by atoms with Gasteiger partial charge in [-0.25, -0.2) is 9.37 Å². The molecule has 2 aromatic heterocycles. The molecule has 9 nitrogen and oxygen atoms in total. The second-order valence-electron chi connectivity index (χ2n) is 17.2. The first-order chi connectivity index (χ1) is 25.8. The summed E-state index contributed by atoms with van der Waals surface area (Å²) in [6.45, 7) is 9.22. The minimum absolute atomic E-state index is 0.0121. The number of nitrogens with zero attached hydrogens (tertiary/aromatic N) is 4. The van der Waals surface area contributed by atoms with Crippen LogP contribution in [0.1, 0.15) is 88.3 Å². The van der Waals surface area contributed by atoms with Gasteiger partial charge in [0.2, 0.25) is 11.8 Å². The van der Waals surface area contributed by atoms with Gasteiger partial charge in [-0.1, -0.05) is 35.3 Å². The average Bonchev–Trinajstić information content (AvgIpc) is 3.88. The summed E-state index contributed by atoms with van der Waals surface area (Å²) >= 11 is 13.1. The van der Waals surface area contributed by atoms with E-state index >= 15 is 4.39 Å². The van der Waals surface area contributed by atoms with Gasteiger partial charge in [-0.2, -0.15) is 5.26 Å². The highest BCUT2D eigenvalue weighted by atomic mass is 35.5. The number of carbonyl (C=O) groups is 2. The number of amides is 2. The summed E-state index contributed by atoms with van der Waals surface area (Å²) in [7, 11) is 0. The molecule has 3 saturated heterocycles. The molecule has 6 fully saturated rings. The molecular weight excluding hydrogens is 726 g/mol. The molecule has 7 atom stereocenters. The minimum atomic E-state index is -0.493. The Balaban J connectivity index is 1.18. The Morgan fingerprint density at radius 2 is 1.94 bits per heavy atom. The van der Waals surface area contributed by atoms with Crippen molar-refractivity contribution in [2.24, 2.45) is 17.8 Å². The number of pyridine rings is 1. The summed E-state index contributed by atoms with van der Waals surface area (Å²) in [6.07, 6.45) is 4.27. The Morgan fingerprint density at radius 1 is 1.15 bits per heavy atom. The van der Waals surface area contributed by atoms with Crippen molar-refractivity contribution in [3.8, 4) is 17.2 Å². The van der Waals surface area contributed by atoms with E-state index in [-0.39, 0.29) is 76.5 Å². The first-order valence-electron chi connectivity index (χ1n) is 19.3. The first kappa shape index (κ1) is 35.9. The van der Waals surface area contributed by atoms with Gasteiger partial charge in [0.1, 0.15) is 5.52 Å². The number of fused-ring (bicyclic) bond motifs is 4. The molecule has 3 aliphatic heterocycles. The van der Waals surface area contributed by atoms with Crippen LogP contribution in [0.15, 0.2) is 30.3 Å². The molecule has 0 spiro atoms. The second kappa shape index (κ2) is 13.2. The van der Waals surface area contributed by atoms with E-state index in [9.17, 15) is 14.9 Å². The highest BCUT2D eigenvalue weighted by molar-refractivity contribution is 6.43. The van der Waals surface area contributed by atoms with Crippen molar-refractivity contribution in [3.05, 3.63) is 63.1 Å². The van der Waals surface area contributed by atoms with Crippen LogP contribution in [0.2, 0.25) is 10.0 Å². The summed E-state index contributed by atoms with van der Waals surface area (Å²) in [5, 5.41) is 18.6. The minimum Gasteiger partial charge on any atom is -0.372 e. The average molecular weight is 772 g/mol. The summed E-state index contributed by atoms with van der Waals surface area (Å²) in [6, 6.07) is 11.7. The number of rotatable bonds is 9. The Morgan fingerprint density at radius 3 is 2.63 bits per heavy atom. The van der Waals surface area contributed by atoms with Crippen molar-refractivity contribution in [1.29, 1.82) is 5.26 Å². The lowest BCUT2D eigenvalue weighted by atomic mass is 9.79. The molecule has 54 heavy (non-hydrogen) atoms. The van der Waals surface area contributed by atoms with Gasteiger partial charge in [-0.05, 0) is 89.5 Å². The van der Waals surface area contributed by atoms with E-state index in [1.807, 2.05) is 38.7 Å². The standard InChI is InChI=1S/C42H45Cl2FN6O3/c1-20-26-16-32(31-15-24(19-50(31)41(53)21-10-11-21)54-33-17-27(33)40(52)49-42(2,3)4)51(38-23-14-30(38)47-18-23)39(26)28-13-22(7-6-12-46)34(36(45)37(28)48-20)25-8-5-9-29(43)35(25)44/h5,8-9,13,16,21,23-24,27,30-31,33,38,47H,6-7,10-11,14-15,17-19H2,1-4H3,(H,49,52)/t23-,24+,27?,30-,31-,33?,38+/m1/s1. The Bertz CT molecular complexity index is 2260. The van der Waals surface area contributed by atoms with Crippen LogP contribution >= 0.6 is 23.2 Å². The van der Waals surface area contributed by atoms with E-state index in [0.717, 1.165) is 42.4 Å².